The van der Waals surface area contributed by atoms with Gasteiger partial charge in [0.25, 0.3) is 5.91 Å². The van der Waals surface area contributed by atoms with E-state index in [0.717, 1.165) is 5.69 Å². The average molecular weight is 286 g/mol. The van der Waals surface area contributed by atoms with Crippen LogP contribution in [-0.4, -0.2) is 51.1 Å². The summed E-state index contributed by atoms with van der Waals surface area (Å²) < 4.78 is 5.55. The largest absolute Gasteiger partial charge is 0.375 e. The van der Waals surface area contributed by atoms with Crippen molar-refractivity contribution in [3.63, 3.8) is 0 Å². The average Bonchev–Trinajstić information content (AvgIpc) is 3.00. The monoisotopic (exact) mass is 286 g/mol. The van der Waals surface area contributed by atoms with Crippen molar-refractivity contribution in [3.05, 3.63) is 42.2 Å². The van der Waals surface area contributed by atoms with Gasteiger partial charge in [-0.05, 0) is 26.0 Å². The van der Waals surface area contributed by atoms with Crippen molar-refractivity contribution in [2.45, 2.75) is 26.0 Å². The van der Waals surface area contributed by atoms with E-state index >= 15 is 0 Å². The first-order valence-electron chi connectivity index (χ1n) is 7.05. The van der Waals surface area contributed by atoms with Gasteiger partial charge in [-0.1, -0.05) is 18.2 Å². The van der Waals surface area contributed by atoms with Crippen LogP contribution in [0.4, 0.5) is 0 Å². The molecule has 21 heavy (non-hydrogen) atoms. The van der Waals surface area contributed by atoms with E-state index in [9.17, 15) is 4.79 Å². The Morgan fingerprint density at radius 3 is 2.81 bits per heavy atom. The zero-order valence-corrected chi connectivity index (χ0v) is 12.1. The number of hydrogen-bond donors (Lipinski definition) is 0. The van der Waals surface area contributed by atoms with Crippen LogP contribution in [0.2, 0.25) is 0 Å². The molecule has 0 bridgehead atoms. The minimum atomic E-state index is -0.0974. The van der Waals surface area contributed by atoms with E-state index in [2.05, 4.69) is 10.2 Å². The van der Waals surface area contributed by atoms with Crippen molar-refractivity contribution in [2.75, 3.05) is 13.2 Å². The Morgan fingerprint density at radius 2 is 2.05 bits per heavy atom. The van der Waals surface area contributed by atoms with Crippen molar-refractivity contribution in [1.82, 2.24) is 19.9 Å². The summed E-state index contributed by atoms with van der Waals surface area (Å²) in [7, 11) is 0. The molecule has 0 radical (unpaired) electrons. The van der Waals surface area contributed by atoms with Gasteiger partial charge in [0.2, 0.25) is 0 Å². The highest BCUT2D eigenvalue weighted by atomic mass is 16.5. The summed E-state index contributed by atoms with van der Waals surface area (Å²) in [5.74, 6) is -0.0974. The second kappa shape index (κ2) is 5.65. The Labute approximate surface area is 123 Å². The number of hydrogen-bond acceptors (Lipinski definition) is 4. The number of morpholine rings is 1. The molecule has 1 fully saturated rings. The molecule has 1 aromatic carbocycles. The summed E-state index contributed by atoms with van der Waals surface area (Å²) >= 11 is 0. The van der Waals surface area contributed by atoms with E-state index in [1.165, 1.54) is 11.0 Å². The molecule has 2 aromatic rings. The summed E-state index contributed by atoms with van der Waals surface area (Å²) in [5.41, 5.74) is 1.19. The maximum atomic E-state index is 12.6. The molecule has 0 spiro atoms. The topological polar surface area (TPSA) is 60.2 Å². The number of carbonyl (C=O) groups is 1. The van der Waals surface area contributed by atoms with Gasteiger partial charge in [-0.3, -0.25) is 4.79 Å². The van der Waals surface area contributed by atoms with Crippen LogP contribution in [0.15, 0.2) is 36.5 Å². The fourth-order valence-electron chi connectivity index (χ4n) is 2.38. The molecule has 110 valence electrons. The zero-order valence-electron chi connectivity index (χ0n) is 12.1. The van der Waals surface area contributed by atoms with E-state index in [-0.39, 0.29) is 18.1 Å². The molecule has 1 saturated heterocycles. The Morgan fingerprint density at radius 1 is 1.29 bits per heavy atom. The Kier molecular flexibility index (Phi) is 3.70. The van der Waals surface area contributed by atoms with Gasteiger partial charge in [-0.25, -0.2) is 0 Å². The third-order valence-electron chi connectivity index (χ3n) is 3.57. The summed E-state index contributed by atoms with van der Waals surface area (Å²) in [6, 6.07) is 9.59. The molecule has 0 saturated carbocycles. The Hall–Kier alpha value is -2.21. The lowest BCUT2D eigenvalue weighted by molar-refractivity contribution is -0.0389. The Bertz CT molecular complexity index is 626. The summed E-state index contributed by atoms with van der Waals surface area (Å²) in [4.78, 5) is 15.8. The number of para-hydroxylation sites is 1. The van der Waals surface area contributed by atoms with Crippen LogP contribution in [0.1, 0.15) is 24.3 Å². The van der Waals surface area contributed by atoms with E-state index in [1.54, 1.807) is 4.90 Å². The molecule has 6 nitrogen and oxygen atoms in total. The van der Waals surface area contributed by atoms with Gasteiger partial charge in [0, 0.05) is 6.54 Å². The van der Waals surface area contributed by atoms with Crippen LogP contribution in [-0.2, 0) is 4.74 Å². The predicted octanol–water partition coefficient (Wildman–Crippen LogP) is 1.52. The summed E-state index contributed by atoms with van der Waals surface area (Å²) in [5, 5.41) is 8.46. The first kappa shape index (κ1) is 13.8. The molecule has 0 aliphatic carbocycles. The zero-order chi connectivity index (χ0) is 14.8. The quantitative estimate of drug-likeness (QED) is 0.839. The van der Waals surface area contributed by atoms with Gasteiger partial charge in [-0.2, -0.15) is 9.90 Å². The van der Waals surface area contributed by atoms with Crippen LogP contribution < -0.4 is 0 Å². The molecule has 3 rings (SSSR count). The molecule has 1 aliphatic rings. The first-order chi connectivity index (χ1) is 10.1. The first-order valence-corrected chi connectivity index (χ1v) is 7.05. The smallest absolute Gasteiger partial charge is 0.276 e. The molecule has 1 amide bonds. The predicted molar refractivity (Wildman–Crippen MR) is 77.3 cm³/mol. The lowest BCUT2D eigenvalue weighted by atomic mass is 10.2. The summed E-state index contributed by atoms with van der Waals surface area (Å²) in [6.45, 7) is 5.08. The van der Waals surface area contributed by atoms with Crippen LogP contribution >= 0.6 is 0 Å². The maximum absolute atomic E-state index is 12.6. The fourth-order valence-corrected chi connectivity index (χ4v) is 2.38. The maximum Gasteiger partial charge on any atom is 0.276 e. The third kappa shape index (κ3) is 2.80. The highest BCUT2D eigenvalue weighted by Gasteiger charge is 2.29. The van der Waals surface area contributed by atoms with Crippen LogP contribution in [0.5, 0.6) is 0 Å². The molecule has 1 aliphatic heterocycles. The number of amides is 1. The highest BCUT2D eigenvalue weighted by molar-refractivity contribution is 5.92. The standard InChI is InChI=1S/C15H18N4O2/c1-11-10-21-12(2)9-18(11)15(20)14-8-16-19(17-14)13-6-4-3-5-7-13/h3-8,11-12H,9-10H2,1-2H3/t11-,12+/m1/s1. The lowest BCUT2D eigenvalue weighted by Crippen LogP contribution is -2.50. The van der Waals surface area contributed by atoms with Crippen molar-refractivity contribution in [3.8, 4) is 5.69 Å². The molecular weight excluding hydrogens is 268 g/mol. The second-order valence-electron chi connectivity index (χ2n) is 5.31. The molecule has 1 aromatic heterocycles. The number of nitrogens with zero attached hydrogens (tertiary/aromatic N) is 4. The van der Waals surface area contributed by atoms with Gasteiger partial charge in [0.1, 0.15) is 0 Å². The van der Waals surface area contributed by atoms with Gasteiger partial charge < -0.3 is 9.64 Å². The van der Waals surface area contributed by atoms with E-state index in [0.29, 0.717) is 18.8 Å². The minimum absolute atomic E-state index is 0.0503. The van der Waals surface area contributed by atoms with E-state index < -0.39 is 0 Å². The molecule has 6 heteroatoms. The van der Waals surface area contributed by atoms with Gasteiger partial charge in [0.05, 0.1) is 30.6 Å². The van der Waals surface area contributed by atoms with Crippen molar-refractivity contribution in [2.24, 2.45) is 0 Å². The van der Waals surface area contributed by atoms with Crippen molar-refractivity contribution in [1.29, 1.82) is 0 Å². The number of carbonyl (C=O) groups excluding carboxylic acids is 1. The number of aromatic nitrogens is 3. The Balaban J connectivity index is 1.81. The van der Waals surface area contributed by atoms with Crippen LogP contribution in [0.25, 0.3) is 5.69 Å². The van der Waals surface area contributed by atoms with Gasteiger partial charge >= 0.3 is 0 Å². The van der Waals surface area contributed by atoms with E-state index in [1.807, 2.05) is 44.2 Å². The number of ether oxygens (including phenoxy) is 1. The fraction of sp³-hybridized carbons (Fsp3) is 0.400. The lowest BCUT2D eigenvalue weighted by Gasteiger charge is -2.36. The number of benzene rings is 1. The molecule has 0 N–H and O–H groups in total. The van der Waals surface area contributed by atoms with Crippen LogP contribution in [0.3, 0.4) is 0 Å². The highest BCUT2D eigenvalue weighted by Crippen LogP contribution is 2.14. The molecule has 2 heterocycles. The van der Waals surface area contributed by atoms with Crippen molar-refractivity contribution < 1.29 is 9.53 Å². The van der Waals surface area contributed by atoms with Crippen LogP contribution in [0, 0.1) is 0 Å². The molecule has 0 unspecified atom stereocenters. The molecule has 2 atom stereocenters. The van der Waals surface area contributed by atoms with E-state index in [4.69, 9.17) is 4.74 Å². The molecular formula is C15H18N4O2. The van der Waals surface area contributed by atoms with Gasteiger partial charge in [0.15, 0.2) is 5.69 Å². The second-order valence-corrected chi connectivity index (χ2v) is 5.31. The van der Waals surface area contributed by atoms with Crippen molar-refractivity contribution >= 4 is 5.91 Å². The minimum Gasteiger partial charge on any atom is -0.375 e. The third-order valence-corrected chi connectivity index (χ3v) is 3.57. The number of rotatable bonds is 2. The normalized spacial score (nSPS) is 22.3. The van der Waals surface area contributed by atoms with Gasteiger partial charge in [-0.15, -0.1) is 5.10 Å². The summed E-state index contributed by atoms with van der Waals surface area (Å²) in [6.07, 6.45) is 1.57. The SMILES string of the molecule is C[C@@H]1CO[C@@H](C)CN1C(=O)c1cnn(-c2ccccc2)n1.